The summed E-state index contributed by atoms with van der Waals surface area (Å²) >= 11 is 0. The van der Waals surface area contributed by atoms with Gasteiger partial charge in [0.25, 0.3) is 0 Å². The third-order valence-electron chi connectivity index (χ3n) is 2.90. The van der Waals surface area contributed by atoms with E-state index in [0.29, 0.717) is 5.56 Å². The fraction of sp³-hybridized carbons (Fsp3) is 0.143. The van der Waals surface area contributed by atoms with E-state index in [1.807, 2.05) is 19.1 Å². The molecule has 2 N–H and O–H groups in total. The standard InChI is InChI=1S/C14H14FNO2S/c1-10-4-2-3-5-11(10)9-19(17,18)14-7-6-12(16)8-13(14)15/h2-8H,9,16H2,1H3. The van der Waals surface area contributed by atoms with Crippen molar-refractivity contribution in [2.45, 2.75) is 17.6 Å². The Labute approximate surface area is 111 Å². The largest absolute Gasteiger partial charge is 0.399 e. The van der Waals surface area contributed by atoms with Crippen LogP contribution in [0.2, 0.25) is 0 Å². The van der Waals surface area contributed by atoms with E-state index < -0.39 is 15.7 Å². The summed E-state index contributed by atoms with van der Waals surface area (Å²) in [4.78, 5) is -0.315. The molecule has 3 nitrogen and oxygen atoms in total. The third-order valence-corrected chi connectivity index (χ3v) is 4.59. The smallest absolute Gasteiger partial charge is 0.185 e. The van der Waals surface area contributed by atoms with E-state index in [4.69, 9.17) is 5.73 Å². The highest BCUT2D eigenvalue weighted by Gasteiger charge is 2.20. The van der Waals surface area contributed by atoms with Crippen LogP contribution in [0.3, 0.4) is 0 Å². The van der Waals surface area contributed by atoms with Gasteiger partial charge in [0.2, 0.25) is 0 Å². The molecule has 2 aromatic carbocycles. The number of nitrogens with two attached hydrogens (primary N) is 1. The molecule has 0 aromatic heterocycles. The number of hydrogen-bond acceptors (Lipinski definition) is 3. The summed E-state index contributed by atoms with van der Waals surface area (Å²) in [5.41, 5.74) is 7.14. The van der Waals surface area contributed by atoms with E-state index >= 15 is 0 Å². The van der Waals surface area contributed by atoms with E-state index in [2.05, 4.69) is 0 Å². The number of anilines is 1. The van der Waals surface area contributed by atoms with Crippen molar-refractivity contribution < 1.29 is 12.8 Å². The van der Waals surface area contributed by atoms with Crippen molar-refractivity contribution in [1.29, 1.82) is 0 Å². The van der Waals surface area contributed by atoms with Gasteiger partial charge >= 0.3 is 0 Å². The van der Waals surface area contributed by atoms with Crippen molar-refractivity contribution in [3.8, 4) is 0 Å². The molecule has 0 aliphatic rings. The first-order valence-corrected chi connectivity index (χ1v) is 7.37. The van der Waals surface area contributed by atoms with Crippen LogP contribution in [-0.2, 0) is 15.6 Å². The molecular formula is C14H14FNO2S. The third kappa shape index (κ3) is 2.93. The molecule has 0 saturated carbocycles. The van der Waals surface area contributed by atoms with Gasteiger partial charge < -0.3 is 5.73 Å². The molecule has 0 saturated heterocycles. The molecule has 0 atom stereocenters. The van der Waals surface area contributed by atoms with Crippen LogP contribution >= 0.6 is 0 Å². The predicted octanol–water partition coefficient (Wildman–Crippen LogP) is 2.69. The highest BCUT2D eigenvalue weighted by atomic mass is 32.2. The molecule has 2 rings (SSSR count). The summed E-state index contributed by atoms with van der Waals surface area (Å²) in [5, 5.41) is 0. The summed E-state index contributed by atoms with van der Waals surface area (Å²) in [6, 6.07) is 10.7. The van der Waals surface area contributed by atoms with Crippen LogP contribution < -0.4 is 5.73 Å². The van der Waals surface area contributed by atoms with Gasteiger partial charge in [0.15, 0.2) is 9.84 Å². The average molecular weight is 279 g/mol. The second kappa shape index (κ2) is 5.01. The molecule has 0 heterocycles. The van der Waals surface area contributed by atoms with Gasteiger partial charge in [0.1, 0.15) is 10.7 Å². The zero-order valence-electron chi connectivity index (χ0n) is 10.4. The minimum atomic E-state index is -3.71. The number of benzene rings is 2. The fourth-order valence-electron chi connectivity index (χ4n) is 1.82. The van der Waals surface area contributed by atoms with E-state index in [-0.39, 0.29) is 16.3 Å². The van der Waals surface area contributed by atoms with Crippen molar-refractivity contribution >= 4 is 15.5 Å². The average Bonchev–Trinajstić information content (AvgIpc) is 2.31. The Morgan fingerprint density at radius 1 is 1.16 bits per heavy atom. The number of sulfone groups is 1. The van der Waals surface area contributed by atoms with Gasteiger partial charge in [-0.05, 0) is 36.2 Å². The minimum Gasteiger partial charge on any atom is -0.399 e. The van der Waals surface area contributed by atoms with E-state index in [0.717, 1.165) is 11.6 Å². The minimum absolute atomic E-state index is 0.201. The van der Waals surface area contributed by atoms with Crippen LogP contribution in [-0.4, -0.2) is 8.42 Å². The lowest BCUT2D eigenvalue weighted by Gasteiger charge is -2.08. The maximum Gasteiger partial charge on any atom is 0.185 e. The maximum atomic E-state index is 13.7. The van der Waals surface area contributed by atoms with Gasteiger partial charge in [-0.2, -0.15) is 0 Å². The van der Waals surface area contributed by atoms with Gasteiger partial charge in [0.05, 0.1) is 5.75 Å². The molecule has 0 spiro atoms. The Balaban J connectivity index is 2.41. The zero-order chi connectivity index (χ0) is 14.0. The number of halogens is 1. The first-order valence-electron chi connectivity index (χ1n) is 5.72. The van der Waals surface area contributed by atoms with E-state index in [1.54, 1.807) is 12.1 Å². The zero-order valence-corrected chi connectivity index (χ0v) is 11.2. The molecule has 0 fully saturated rings. The van der Waals surface area contributed by atoms with Gasteiger partial charge in [-0.15, -0.1) is 0 Å². The van der Waals surface area contributed by atoms with Crippen LogP contribution in [0, 0.1) is 12.7 Å². The normalized spacial score (nSPS) is 11.5. The van der Waals surface area contributed by atoms with Crippen molar-refractivity contribution in [3.05, 3.63) is 59.4 Å². The number of nitrogen functional groups attached to an aromatic ring is 1. The van der Waals surface area contributed by atoms with Crippen molar-refractivity contribution in [3.63, 3.8) is 0 Å². The Bertz CT molecular complexity index is 711. The first kappa shape index (κ1) is 13.5. The molecule has 0 amide bonds. The van der Waals surface area contributed by atoms with Crippen molar-refractivity contribution in [2.24, 2.45) is 0 Å². The molecule has 100 valence electrons. The predicted molar refractivity (Wildman–Crippen MR) is 72.9 cm³/mol. The number of aryl methyl sites for hydroxylation is 1. The highest BCUT2D eigenvalue weighted by Crippen LogP contribution is 2.22. The van der Waals surface area contributed by atoms with Crippen molar-refractivity contribution in [1.82, 2.24) is 0 Å². The van der Waals surface area contributed by atoms with Crippen LogP contribution in [0.5, 0.6) is 0 Å². The van der Waals surface area contributed by atoms with E-state index in [1.165, 1.54) is 12.1 Å². The SMILES string of the molecule is Cc1ccccc1CS(=O)(=O)c1ccc(N)cc1F. The van der Waals surface area contributed by atoms with Crippen LogP contribution in [0.25, 0.3) is 0 Å². The van der Waals surface area contributed by atoms with Crippen LogP contribution in [0.1, 0.15) is 11.1 Å². The lowest BCUT2D eigenvalue weighted by molar-refractivity contribution is 0.567. The topological polar surface area (TPSA) is 60.2 Å². The van der Waals surface area contributed by atoms with Crippen molar-refractivity contribution in [2.75, 3.05) is 5.73 Å². The second-order valence-electron chi connectivity index (χ2n) is 4.38. The molecule has 19 heavy (non-hydrogen) atoms. The van der Waals surface area contributed by atoms with E-state index in [9.17, 15) is 12.8 Å². The molecule has 0 aliphatic carbocycles. The summed E-state index contributed by atoms with van der Waals surface area (Å²) in [7, 11) is -3.71. The summed E-state index contributed by atoms with van der Waals surface area (Å²) < 4.78 is 38.1. The molecule has 5 heteroatoms. The quantitative estimate of drug-likeness (QED) is 0.879. The summed E-state index contributed by atoms with van der Waals surface area (Å²) in [6.45, 7) is 1.82. The summed E-state index contributed by atoms with van der Waals surface area (Å²) in [5.74, 6) is -1.03. The number of rotatable bonds is 3. The number of hydrogen-bond donors (Lipinski definition) is 1. The Morgan fingerprint density at radius 2 is 1.84 bits per heavy atom. The molecule has 0 bridgehead atoms. The Hall–Kier alpha value is -1.88. The van der Waals surface area contributed by atoms with Gasteiger partial charge in [-0.1, -0.05) is 24.3 Å². The molecule has 0 radical (unpaired) electrons. The van der Waals surface area contributed by atoms with Crippen LogP contribution in [0.15, 0.2) is 47.4 Å². The fourth-order valence-corrected chi connectivity index (χ4v) is 3.34. The van der Waals surface area contributed by atoms with Gasteiger partial charge in [-0.25, -0.2) is 12.8 Å². The summed E-state index contributed by atoms with van der Waals surface area (Å²) in [6.07, 6.45) is 0. The Kier molecular flexibility index (Phi) is 3.57. The molecule has 0 unspecified atom stereocenters. The first-order chi connectivity index (χ1) is 8.90. The monoisotopic (exact) mass is 279 g/mol. The lowest BCUT2D eigenvalue weighted by atomic mass is 10.1. The molecular weight excluding hydrogens is 265 g/mol. The molecule has 0 aliphatic heterocycles. The van der Waals surface area contributed by atoms with Crippen LogP contribution in [0.4, 0.5) is 10.1 Å². The highest BCUT2D eigenvalue weighted by molar-refractivity contribution is 7.90. The maximum absolute atomic E-state index is 13.7. The second-order valence-corrected chi connectivity index (χ2v) is 6.33. The molecule has 2 aromatic rings. The van der Waals surface area contributed by atoms with Gasteiger partial charge in [-0.3, -0.25) is 0 Å². The lowest BCUT2D eigenvalue weighted by Crippen LogP contribution is -2.08. The Morgan fingerprint density at radius 3 is 2.47 bits per heavy atom. The van der Waals surface area contributed by atoms with Gasteiger partial charge in [0, 0.05) is 5.69 Å².